The van der Waals surface area contributed by atoms with Gasteiger partial charge in [-0.05, 0) is 75.4 Å². The van der Waals surface area contributed by atoms with Gasteiger partial charge in [-0.15, -0.1) is 0 Å². The van der Waals surface area contributed by atoms with Crippen LogP contribution < -0.4 is 15.4 Å². The van der Waals surface area contributed by atoms with Gasteiger partial charge < -0.3 is 19.7 Å². The molecule has 2 aromatic rings. The van der Waals surface area contributed by atoms with Crippen LogP contribution >= 0.6 is 11.5 Å². The number of aryl methyl sites for hydroxylation is 1. The van der Waals surface area contributed by atoms with E-state index in [9.17, 15) is 22.8 Å². The molecule has 1 aliphatic rings. The predicted molar refractivity (Wildman–Crippen MR) is 121 cm³/mol. The molecule has 0 aliphatic carbocycles. The first kappa shape index (κ1) is 25.8. The summed E-state index contributed by atoms with van der Waals surface area (Å²) in [7, 11) is 1.13. The number of methoxy groups -OCH3 is 1. The topological polar surface area (TPSA) is 92.8 Å². The number of nitrogens with one attached hydrogen (secondary N) is 2. The number of anilines is 1. The number of aromatic nitrogens is 1. The molecule has 1 saturated heterocycles. The Labute approximate surface area is 199 Å². The summed E-state index contributed by atoms with van der Waals surface area (Å²) in [5.74, 6) is -4.72. The molecule has 8 nitrogen and oxygen atoms in total. The van der Waals surface area contributed by atoms with E-state index >= 15 is 0 Å². The van der Waals surface area contributed by atoms with E-state index in [0.717, 1.165) is 57.2 Å². The van der Waals surface area contributed by atoms with Crippen molar-refractivity contribution >= 4 is 28.5 Å². The van der Waals surface area contributed by atoms with Crippen molar-refractivity contribution in [2.45, 2.75) is 39.2 Å². The second kappa shape index (κ2) is 12.0. The van der Waals surface area contributed by atoms with E-state index in [-0.39, 0.29) is 22.0 Å². The summed E-state index contributed by atoms with van der Waals surface area (Å²) < 4.78 is 56.0. The zero-order valence-electron chi connectivity index (χ0n) is 19.0. The number of hydrogen-bond donors (Lipinski definition) is 2. The first-order chi connectivity index (χ1) is 16.3. The van der Waals surface area contributed by atoms with Gasteiger partial charge in [-0.2, -0.15) is 4.37 Å². The number of halogens is 3. The number of esters is 1. The molecule has 0 bridgehead atoms. The third-order valence-corrected chi connectivity index (χ3v) is 6.20. The number of ether oxygens (including phenoxy) is 2. The first-order valence-electron chi connectivity index (χ1n) is 10.9. The van der Waals surface area contributed by atoms with Crippen molar-refractivity contribution in [1.82, 2.24) is 14.6 Å². The zero-order valence-corrected chi connectivity index (χ0v) is 19.8. The Morgan fingerprint density at radius 1 is 1.18 bits per heavy atom. The lowest BCUT2D eigenvalue weighted by Crippen LogP contribution is -2.30. The van der Waals surface area contributed by atoms with Crippen molar-refractivity contribution in [3.05, 3.63) is 40.2 Å². The largest absolute Gasteiger partial charge is 0.471 e. The van der Waals surface area contributed by atoms with Gasteiger partial charge in [-0.1, -0.05) is 0 Å². The second-order valence-electron chi connectivity index (χ2n) is 7.89. The predicted octanol–water partition coefficient (Wildman–Crippen LogP) is 4.23. The molecule has 0 unspecified atom stereocenters. The lowest BCUT2D eigenvalue weighted by Gasteiger charge is -2.14. The maximum absolute atomic E-state index is 14.1. The van der Waals surface area contributed by atoms with Crippen molar-refractivity contribution < 1.29 is 32.2 Å². The number of urea groups is 1. The minimum Gasteiger partial charge on any atom is -0.471 e. The summed E-state index contributed by atoms with van der Waals surface area (Å²) in [6.07, 6.45) is 4.22. The quantitative estimate of drug-likeness (QED) is 0.288. The molecule has 186 valence electrons. The fourth-order valence-corrected chi connectivity index (χ4v) is 4.30. The molecule has 34 heavy (non-hydrogen) atoms. The van der Waals surface area contributed by atoms with Gasteiger partial charge >= 0.3 is 12.0 Å². The van der Waals surface area contributed by atoms with E-state index in [4.69, 9.17) is 9.47 Å². The van der Waals surface area contributed by atoms with E-state index in [2.05, 4.69) is 19.9 Å². The molecule has 0 radical (unpaired) electrons. The van der Waals surface area contributed by atoms with Crippen molar-refractivity contribution in [3.8, 4) is 5.88 Å². The Hall–Kier alpha value is -2.86. The number of carbonyl (C=O) groups is 2. The van der Waals surface area contributed by atoms with Crippen LogP contribution in [-0.4, -0.2) is 54.6 Å². The number of hydrogen-bond acceptors (Lipinski definition) is 7. The third-order valence-electron chi connectivity index (χ3n) is 5.45. The van der Waals surface area contributed by atoms with Crippen LogP contribution in [0.1, 0.15) is 47.2 Å². The number of unbranched alkanes of at least 4 members (excludes halogenated alkanes) is 1. The number of nitrogens with zero attached hydrogens (tertiary/aromatic N) is 2. The van der Waals surface area contributed by atoms with Crippen molar-refractivity contribution in [2.24, 2.45) is 0 Å². The number of amides is 2. The standard InChI is InChI=1S/C22H27F3N4O4S/c1-13-11-15(23)14(18(25)17(13)24)12-33-19-16(21(30)32-2)20(34-28-19)27-22(31)26-7-3-4-8-29-9-5-6-10-29/h11H,3-10,12H2,1-2H3,(H2,26,27,31). The molecule has 1 aromatic carbocycles. The highest BCUT2D eigenvalue weighted by Gasteiger charge is 2.26. The Bertz CT molecular complexity index is 1030. The highest BCUT2D eigenvalue weighted by atomic mass is 32.1. The number of benzene rings is 1. The van der Waals surface area contributed by atoms with Crippen LogP contribution in [0, 0.1) is 24.4 Å². The van der Waals surface area contributed by atoms with Gasteiger partial charge in [0.05, 0.1) is 12.7 Å². The third kappa shape index (κ3) is 6.38. The highest BCUT2D eigenvalue weighted by molar-refractivity contribution is 7.11. The molecule has 2 heterocycles. The molecular formula is C22H27F3N4O4S. The molecule has 1 aromatic heterocycles. The summed E-state index contributed by atoms with van der Waals surface area (Å²) in [4.78, 5) is 26.9. The zero-order chi connectivity index (χ0) is 24.7. The summed E-state index contributed by atoms with van der Waals surface area (Å²) in [5, 5.41) is 5.28. The van der Waals surface area contributed by atoms with Crippen molar-refractivity contribution in [3.63, 3.8) is 0 Å². The Morgan fingerprint density at radius 2 is 1.91 bits per heavy atom. The molecule has 0 atom stereocenters. The molecule has 3 rings (SSSR count). The highest BCUT2D eigenvalue weighted by Crippen LogP contribution is 2.32. The smallest absolute Gasteiger partial charge is 0.346 e. The molecule has 2 N–H and O–H groups in total. The van der Waals surface area contributed by atoms with E-state index in [0.29, 0.717) is 6.54 Å². The average Bonchev–Trinajstić information content (AvgIpc) is 3.47. The van der Waals surface area contributed by atoms with E-state index in [1.165, 1.54) is 19.8 Å². The molecule has 1 fully saturated rings. The minimum atomic E-state index is -1.38. The van der Waals surface area contributed by atoms with Gasteiger partial charge in [-0.25, -0.2) is 22.8 Å². The van der Waals surface area contributed by atoms with Gasteiger partial charge in [0.2, 0.25) is 5.88 Å². The van der Waals surface area contributed by atoms with Gasteiger partial charge in [0, 0.05) is 6.54 Å². The monoisotopic (exact) mass is 500 g/mol. The molecule has 1 aliphatic heterocycles. The average molecular weight is 501 g/mol. The van der Waals surface area contributed by atoms with E-state index < -0.39 is 41.6 Å². The minimum absolute atomic E-state index is 0.0486. The number of carbonyl (C=O) groups excluding carboxylic acids is 2. The SMILES string of the molecule is COC(=O)c1c(OCc2c(F)cc(C)c(F)c2F)nsc1NC(=O)NCCCCN1CCCC1. The van der Waals surface area contributed by atoms with Gasteiger partial charge in [0.1, 0.15) is 17.4 Å². The molecule has 0 saturated carbocycles. The van der Waals surface area contributed by atoms with Gasteiger partial charge in [-0.3, -0.25) is 5.32 Å². The molecule has 12 heteroatoms. The normalized spacial score (nSPS) is 13.7. The van der Waals surface area contributed by atoms with Crippen LogP contribution in [0.5, 0.6) is 5.88 Å². The Kier molecular flexibility index (Phi) is 9.11. The number of rotatable bonds is 10. The van der Waals surface area contributed by atoms with Crippen LogP contribution in [0.4, 0.5) is 23.0 Å². The van der Waals surface area contributed by atoms with Crippen molar-refractivity contribution in [1.29, 1.82) is 0 Å². The summed E-state index contributed by atoms with van der Waals surface area (Å²) in [6, 6.07) is 0.307. The first-order valence-corrected chi connectivity index (χ1v) is 11.7. The lowest BCUT2D eigenvalue weighted by atomic mass is 10.1. The summed E-state index contributed by atoms with van der Waals surface area (Å²) >= 11 is 0.742. The Morgan fingerprint density at radius 3 is 2.62 bits per heavy atom. The van der Waals surface area contributed by atoms with Gasteiger partial charge in [0.15, 0.2) is 17.2 Å². The second-order valence-corrected chi connectivity index (χ2v) is 8.66. The summed E-state index contributed by atoms with van der Waals surface area (Å²) in [6.45, 7) is 4.21. The fourth-order valence-electron chi connectivity index (χ4n) is 3.58. The molecular weight excluding hydrogens is 473 g/mol. The van der Waals surface area contributed by atoms with E-state index in [1.54, 1.807) is 0 Å². The summed E-state index contributed by atoms with van der Waals surface area (Å²) in [5.41, 5.74) is -1.03. The van der Waals surface area contributed by atoms with Crippen molar-refractivity contribution in [2.75, 3.05) is 38.6 Å². The van der Waals surface area contributed by atoms with E-state index in [1.807, 2.05) is 0 Å². The van der Waals surface area contributed by atoms with Crippen LogP contribution in [0.3, 0.4) is 0 Å². The van der Waals surface area contributed by atoms with Crippen LogP contribution in [-0.2, 0) is 11.3 Å². The maximum atomic E-state index is 14.1. The fraction of sp³-hybridized carbons (Fsp3) is 0.500. The van der Waals surface area contributed by atoms with Gasteiger partial charge in [0.25, 0.3) is 0 Å². The molecule has 2 amide bonds. The number of likely N-dealkylation sites (tertiary alicyclic amines) is 1. The lowest BCUT2D eigenvalue weighted by molar-refractivity contribution is 0.0596. The van der Waals surface area contributed by atoms with Crippen LogP contribution in [0.2, 0.25) is 0 Å². The maximum Gasteiger partial charge on any atom is 0.346 e. The van der Waals surface area contributed by atoms with Crippen LogP contribution in [0.15, 0.2) is 6.07 Å². The van der Waals surface area contributed by atoms with Crippen LogP contribution in [0.25, 0.3) is 0 Å². The molecule has 0 spiro atoms. The Balaban J connectivity index is 1.59.